The molecule has 0 fully saturated rings. The summed E-state index contributed by atoms with van der Waals surface area (Å²) >= 11 is 0. The van der Waals surface area contributed by atoms with E-state index in [1.807, 2.05) is 0 Å². The van der Waals surface area contributed by atoms with Crippen LogP contribution in [0.25, 0.3) is 0 Å². The molecule has 0 saturated heterocycles. The van der Waals surface area contributed by atoms with Crippen LogP contribution in [-0.2, 0) is 28.2 Å². The molecule has 0 amide bonds. The highest BCUT2D eigenvalue weighted by Crippen LogP contribution is 2.41. The maximum Gasteiger partial charge on any atom is 0.469 e. The van der Waals surface area contributed by atoms with E-state index in [0.717, 1.165) is 37.3 Å². The number of allylic oxidation sites excluding steroid dienone is 4. The van der Waals surface area contributed by atoms with Crippen molar-refractivity contribution in [3.63, 3.8) is 0 Å². The van der Waals surface area contributed by atoms with Crippen molar-refractivity contribution in [2.75, 3.05) is 6.61 Å². The van der Waals surface area contributed by atoms with Gasteiger partial charge in [0.2, 0.25) is 0 Å². The largest absolute Gasteiger partial charge is 0.469 e. The minimum atomic E-state index is -5.06. The van der Waals surface area contributed by atoms with Crippen LogP contribution in [0.3, 0.4) is 0 Å². The molecule has 5 unspecified atom stereocenters. The molecule has 12 heteroatoms. The van der Waals surface area contributed by atoms with Crippen molar-refractivity contribution >= 4 is 19.8 Å². The Morgan fingerprint density at radius 1 is 1.09 bits per heavy atom. The first-order valence-corrected chi connectivity index (χ1v) is 16.3. The van der Waals surface area contributed by atoms with Crippen molar-refractivity contribution in [3.05, 3.63) is 60.8 Å². The summed E-state index contributed by atoms with van der Waals surface area (Å²) in [6, 6.07) is 0. The lowest BCUT2D eigenvalue weighted by molar-refractivity contribution is -0.146. The van der Waals surface area contributed by atoms with Crippen LogP contribution in [0, 0.1) is 5.92 Å². The monoisotopic (exact) mass is 628 g/mol. The molecule has 244 valence electrons. The fourth-order valence-electron chi connectivity index (χ4n) is 4.13. The molecule has 5 atom stereocenters. The first-order chi connectivity index (χ1) is 20.2. The maximum absolute atomic E-state index is 11.8. The van der Waals surface area contributed by atoms with Crippen molar-refractivity contribution in [1.29, 1.82) is 0 Å². The highest BCUT2D eigenvalue weighted by molar-refractivity contribution is 7.46. The van der Waals surface area contributed by atoms with Crippen molar-refractivity contribution in [2.24, 2.45) is 5.92 Å². The number of carbonyl (C=O) groups is 2. The molecule has 0 spiro atoms. The summed E-state index contributed by atoms with van der Waals surface area (Å²) in [7, 11) is -5.06. The van der Waals surface area contributed by atoms with E-state index < -0.39 is 50.2 Å². The summed E-state index contributed by atoms with van der Waals surface area (Å²) in [5.41, 5.74) is -2.02. The van der Waals surface area contributed by atoms with Gasteiger partial charge in [-0.15, -0.1) is 0 Å². The number of rotatable bonds is 21. The van der Waals surface area contributed by atoms with Gasteiger partial charge in [-0.05, 0) is 37.5 Å². The molecule has 5 N–H and O–H groups in total. The zero-order valence-corrected chi connectivity index (χ0v) is 26.3. The minimum absolute atomic E-state index is 0.141. The summed E-state index contributed by atoms with van der Waals surface area (Å²) in [6.45, 7) is 5.80. The lowest BCUT2D eigenvalue weighted by atomic mass is 9.92. The third-order valence-corrected chi connectivity index (χ3v) is 7.10. The zero-order valence-electron chi connectivity index (χ0n) is 25.4. The molecule has 1 aliphatic rings. The fourth-order valence-corrected chi connectivity index (χ4v) is 4.76. The van der Waals surface area contributed by atoms with Crippen molar-refractivity contribution in [1.82, 2.24) is 0 Å². The number of ether oxygens (including phenoxy) is 2. The number of phosphoric acid groups is 1. The third kappa shape index (κ3) is 19.5. The van der Waals surface area contributed by atoms with Gasteiger partial charge < -0.3 is 34.6 Å². The number of phosphoric ester groups is 1. The van der Waals surface area contributed by atoms with Crippen LogP contribution < -0.4 is 0 Å². The fraction of sp³-hybridized carbons (Fsp3) is 0.613. The van der Waals surface area contributed by atoms with Crippen LogP contribution in [0.4, 0.5) is 0 Å². The van der Waals surface area contributed by atoms with Crippen molar-refractivity contribution in [3.8, 4) is 0 Å². The predicted molar refractivity (Wildman–Crippen MR) is 162 cm³/mol. The van der Waals surface area contributed by atoms with Gasteiger partial charge in [0.15, 0.2) is 0 Å². The van der Waals surface area contributed by atoms with Crippen LogP contribution in [0.2, 0.25) is 0 Å². The molecule has 0 radical (unpaired) electrons. The standard InChI is InChI=1S/C31H49O11P/c1-24(2)15-11-7-4-5-9-13-17-29(34)40-22-14-10-6-8-12-16-25(32)23-28(42-43(37,38)39)31(3,36)21-20-27-26(33)18-19-30(35)41-27/h6,8,10,12,14,16,18-21,24-28,32-33,36H,4-5,7,9,11,13,15,17,22-23H2,1-3H3,(H2,37,38,39)/b8-6-,14-10+,16-12-,21-20+. The van der Waals surface area contributed by atoms with Crippen LogP contribution in [0.15, 0.2) is 60.8 Å². The highest BCUT2D eigenvalue weighted by atomic mass is 31.2. The second-order valence-electron chi connectivity index (χ2n) is 11.2. The molecule has 0 saturated carbocycles. The van der Waals surface area contributed by atoms with Gasteiger partial charge in [-0.3, -0.25) is 9.32 Å². The summed E-state index contributed by atoms with van der Waals surface area (Å²) in [5.74, 6) is -0.182. The van der Waals surface area contributed by atoms with Gasteiger partial charge in [0, 0.05) is 18.9 Å². The molecule has 1 aliphatic heterocycles. The second kappa shape index (κ2) is 20.6. The Labute approximate surface area is 254 Å². The molecule has 11 nitrogen and oxygen atoms in total. The Balaban J connectivity index is 2.44. The second-order valence-corrected chi connectivity index (χ2v) is 12.4. The highest BCUT2D eigenvalue weighted by Gasteiger charge is 2.37. The van der Waals surface area contributed by atoms with Crippen molar-refractivity contribution in [2.45, 2.75) is 109 Å². The number of aliphatic hydroxyl groups excluding tert-OH is 2. The Hall–Kier alpha value is -2.37. The van der Waals surface area contributed by atoms with Crippen LogP contribution in [0.5, 0.6) is 0 Å². The van der Waals surface area contributed by atoms with Crippen LogP contribution in [0.1, 0.15) is 78.6 Å². The van der Waals surface area contributed by atoms with Crippen LogP contribution in [-0.4, -0.2) is 73.7 Å². The Bertz CT molecular complexity index is 1020. The van der Waals surface area contributed by atoms with Gasteiger partial charge in [-0.1, -0.05) is 88.8 Å². The van der Waals surface area contributed by atoms with Gasteiger partial charge in [-0.25, -0.2) is 9.36 Å². The van der Waals surface area contributed by atoms with E-state index in [9.17, 15) is 39.3 Å². The van der Waals surface area contributed by atoms with Gasteiger partial charge >= 0.3 is 19.8 Å². The van der Waals surface area contributed by atoms with Gasteiger partial charge in [0.05, 0.1) is 6.10 Å². The molecule has 0 aromatic heterocycles. The van der Waals surface area contributed by atoms with E-state index in [2.05, 4.69) is 13.8 Å². The Kier molecular flexibility index (Phi) is 18.5. The molecule has 43 heavy (non-hydrogen) atoms. The predicted octanol–water partition coefficient (Wildman–Crippen LogP) is 4.35. The molecule has 0 aromatic carbocycles. The lowest BCUT2D eigenvalue weighted by Gasteiger charge is -2.32. The first kappa shape index (κ1) is 38.7. The third-order valence-electron chi connectivity index (χ3n) is 6.57. The Morgan fingerprint density at radius 3 is 2.42 bits per heavy atom. The number of cyclic esters (lactones) is 1. The summed E-state index contributed by atoms with van der Waals surface area (Å²) < 4.78 is 26.3. The molecule has 0 aliphatic carbocycles. The number of carbonyl (C=O) groups excluding carboxylic acids is 2. The first-order valence-electron chi connectivity index (χ1n) is 14.8. The smallest absolute Gasteiger partial charge is 0.461 e. The Morgan fingerprint density at radius 2 is 1.74 bits per heavy atom. The average Bonchev–Trinajstić information content (AvgIpc) is 2.90. The maximum atomic E-state index is 11.8. The number of hydrogen-bond donors (Lipinski definition) is 5. The molecular weight excluding hydrogens is 579 g/mol. The van der Waals surface area contributed by atoms with Crippen molar-refractivity contribution < 1.29 is 53.3 Å². The van der Waals surface area contributed by atoms with Gasteiger partial charge in [0.1, 0.15) is 30.5 Å². The molecule has 0 aromatic rings. The SMILES string of the molecule is CC(C)CCCCCCCCC(=O)OC/C=C/C=C\C=C/C(O)CC(OP(=O)(O)O)C(C)(O)/C=C/C1OC(=O)C=CC1O. The van der Waals surface area contributed by atoms with E-state index in [4.69, 9.17) is 14.0 Å². The lowest BCUT2D eigenvalue weighted by Crippen LogP contribution is -2.41. The number of aliphatic hydroxyl groups is 3. The molecule has 1 rings (SSSR count). The topological polar surface area (TPSA) is 180 Å². The van der Waals surface area contributed by atoms with Crippen LogP contribution >= 0.6 is 7.82 Å². The summed E-state index contributed by atoms with van der Waals surface area (Å²) in [5, 5.41) is 31.1. The van der Waals surface area contributed by atoms with E-state index in [0.29, 0.717) is 6.42 Å². The average molecular weight is 629 g/mol. The quantitative estimate of drug-likeness (QED) is 0.0401. The van der Waals surface area contributed by atoms with E-state index in [1.165, 1.54) is 56.9 Å². The summed E-state index contributed by atoms with van der Waals surface area (Å²) in [6.07, 6.45) is 16.7. The summed E-state index contributed by atoms with van der Waals surface area (Å²) in [4.78, 5) is 41.8. The van der Waals surface area contributed by atoms with E-state index >= 15 is 0 Å². The molecular formula is C31H49O11P. The van der Waals surface area contributed by atoms with Gasteiger partial charge in [0.25, 0.3) is 0 Å². The normalized spacial score (nSPS) is 20.8. The minimum Gasteiger partial charge on any atom is -0.461 e. The zero-order chi connectivity index (χ0) is 32.3. The number of esters is 2. The van der Waals surface area contributed by atoms with Gasteiger partial charge in [-0.2, -0.15) is 0 Å². The number of hydrogen-bond acceptors (Lipinski definition) is 9. The number of unbranched alkanes of at least 4 members (excludes halogenated alkanes) is 5. The van der Waals surface area contributed by atoms with E-state index in [-0.39, 0.29) is 12.6 Å². The van der Waals surface area contributed by atoms with E-state index in [1.54, 1.807) is 24.3 Å². The molecule has 0 bridgehead atoms. The molecule has 1 heterocycles.